The maximum atomic E-state index is 11.2. The second kappa shape index (κ2) is 7.20. The van der Waals surface area contributed by atoms with Crippen molar-refractivity contribution in [1.82, 2.24) is 0 Å². The van der Waals surface area contributed by atoms with Crippen molar-refractivity contribution in [3.05, 3.63) is 54.5 Å². The van der Waals surface area contributed by atoms with Crippen molar-refractivity contribution in [2.24, 2.45) is 0 Å². The highest BCUT2D eigenvalue weighted by Gasteiger charge is 2.46. The van der Waals surface area contributed by atoms with Gasteiger partial charge in [0.25, 0.3) is 0 Å². The van der Waals surface area contributed by atoms with Crippen molar-refractivity contribution in [3.63, 3.8) is 0 Å². The number of rotatable bonds is 4. The van der Waals surface area contributed by atoms with Crippen LogP contribution in [0.25, 0.3) is 11.1 Å². The number of ether oxygens (including phenoxy) is 1. The second-order valence-corrected chi connectivity index (χ2v) is 5.51. The lowest BCUT2D eigenvalue weighted by Crippen LogP contribution is -2.61. The molecule has 132 valence electrons. The van der Waals surface area contributed by atoms with E-state index in [4.69, 9.17) is 16.7 Å². The zero-order chi connectivity index (χ0) is 22.3. The standard InChI is InChI=1S/C18H19NO6/c20-13-14(21)16(18(23)24)25-17(15(13)22)19-12-8-6-11(7-9-12)10-4-2-1-3-5-10/h1-9,13-17,19-22H,(H,23,24)/i1D,2D,3D,4D,5D. The number of nitrogens with one attached hydrogen (secondary N) is 1. The van der Waals surface area contributed by atoms with Gasteiger partial charge >= 0.3 is 5.97 Å². The summed E-state index contributed by atoms with van der Waals surface area (Å²) in [5.41, 5.74) is 0.704. The van der Waals surface area contributed by atoms with Crippen LogP contribution in [-0.4, -0.2) is 57.0 Å². The number of benzene rings is 2. The van der Waals surface area contributed by atoms with E-state index in [1.54, 1.807) is 0 Å². The van der Waals surface area contributed by atoms with Gasteiger partial charge in [0.1, 0.15) is 18.3 Å². The van der Waals surface area contributed by atoms with Crippen LogP contribution in [0.3, 0.4) is 0 Å². The van der Waals surface area contributed by atoms with E-state index in [2.05, 4.69) is 5.32 Å². The van der Waals surface area contributed by atoms with Crippen LogP contribution < -0.4 is 5.32 Å². The maximum absolute atomic E-state index is 11.2. The van der Waals surface area contributed by atoms with Gasteiger partial charge in [0.2, 0.25) is 0 Å². The molecule has 1 saturated heterocycles. The third-order valence-corrected chi connectivity index (χ3v) is 3.84. The van der Waals surface area contributed by atoms with Crippen LogP contribution in [0, 0.1) is 0 Å². The Morgan fingerprint density at radius 1 is 0.960 bits per heavy atom. The summed E-state index contributed by atoms with van der Waals surface area (Å²) >= 11 is 0. The predicted molar refractivity (Wildman–Crippen MR) is 89.8 cm³/mol. The molecule has 0 saturated carbocycles. The van der Waals surface area contributed by atoms with Crippen molar-refractivity contribution in [2.45, 2.75) is 30.6 Å². The molecular weight excluding hydrogens is 326 g/mol. The lowest BCUT2D eigenvalue weighted by Gasteiger charge is -2.39. The number of aliphatic hydroxyl groups is 3. The van der Waals surface area contributed by atoms with Crippen LogP contribution in [0.1, 0.15) is 6.85 Å². The molecular formula is C18H19NO6. The van der Waals surface area contributed by atoms with E-state index in [0.29, 0.717) is 11.3 Å². The summed E-state index contributed by atoms with van der Waals surface area (Å²) in [4.78, 5) is 11.2. The van der Waals surface area contributed by atoms with Crippen LogP contribution in [-0.2, 0) is 9.53 Å². The molecule has 7 nitrogen and oxygen atoms in total. The molecule has 2 aromatic rings. The van der Waals surface area contributed by atoms with Crippen LogP contribution in [0.4, 0.5) is 5.69 Å². The first kappa shape index (κ1) is 12.0. The highest BCUT2D eigenvalue weighted by atomic mass is 16.6. The number of hydrogen-bond acceptors (Lipinski definition) is 6. The van der Waals surface area contributed by atoms with E-state index in [1.165, 1.54) is 24.3 Å². The van der Waals surface area contributed by atoms with Gasteiger partial charge in [-0.1, -0.05) is 42.3 Å². The molecule has 25 heavy (non-hydrogen) atoms. The normalized spacial score (nSPS) is 32.0. The first-order valence-electron chi connectivity index (χ1n) is 9.91. The fourth-order valence-electron chi connectivity index (χ4n) is 2.49. The van der Waals surface area contributed by atoms with E-state index >= 15 is 0 Å². The van der Waals surface area contributed by atoms with E-state index in [-0.39, 0.29) is 17.6 Å². The Morgan fingerprint density at radius 2 is 1.60 bits per heavy atom. The Hall–Kier alpha value is -2.45. The van der Waals surface area contributed by atoms with Gasteiger partial charge < -0.3 is 30.5 Å². The molecule has 0 radical (unpaired) electrons. The maximum Gasteiger partial charge on any atom is 0.335 e. The number of anilines is 1. The molecule has 0 bridgehead atoms. The molecule has 5 atom stereocenters. The van der Waals surface area contributed by atoms with Crippen LogP contribution in [0.2, 0.25) is 0 Å². The number of carboxylic acids is 1. The Bertz CT molecular complexity index is 944. The monoisotopic (exact) mass is 350 g/mol. The van der Waals surface area contributed by atoms with E-state index in [9.17, 15) is 20.1 Å². The van der Waals surface area contributed by atoms with Crippen LogP contribution in [0.15, 0.2) is 54.5 Å². The fourth-order valence-corrected chi connectivity index (χ4v) is 2.49. The fraction of sp³-hybridized carbons (Fsp3) is 0.278. The highest BCUT2D eigenvalue weighted by Crippen LogP contribution is 2.25. The Kier molecular flexibility index (Phi) is 3.45. The molecule has 5 N–H and O–H groups in total. The topological polar surface area (TPSA) is 119 Å². The number of carbonyl (C=O) groups is 1. The highest BCUT2D eigenvalue weighted by molar-refractivity contribution is 5.73. The average Bonchev–Trinajstić information content (AvgIpc) is 2.72. The Labute approximate surface area is 151 Å². The summed E-state index contributed by atoms with van der Waals surface area (Å²) in [7, 11) is 0. The molecule has 1 fully saturated rings. The quantitative estimate of drug-likeness (QED) is 0.549. The van der Waals surface area contributed by atoms with Crippen LogP contribution >= 0.6 is 0 Å². The summed E-state index contributed by atoms with van der Waals surface area (Å²) < 4.78 is 44.3. The van der Waals surface area contributed by atoms with Crippen LogP contribution in [0.5, 0.6) is 0 Å². The van der Waals surface area contributed by atoms with Crippen molar-refractivity contribution in [1.29, 1.82) is 0 Å². The summed E-state index contributed by atoms with van der Waals surface area (Å²) in [5.74, 6) is -1.50. The molecule has 1 aliphatic rings. The zero-order valence-corrected chi connectivity index (χ0v) is 12.8. The van der Waals surface area contributed by atoms with Gasteiger partial charge in [0.15, 0.2) is 12.3 Å². The Balaban J connectivity index is 1.86. The minimum absolute atomic E-state index is 0.0194. The summed E-state index contributed by atoms with van der Waals surface area (Å²) in [6.07, 6.45) is -8.25. The minimum Gasteiger partial charge on any atom is -0.479 e. The summed E-state index contributed by atoms with van der Waals surface area (Å²) in [5, 5.41) is 41.4. The van der Waals surface area contributed by atoms with Crippen molar-refractivity contribution < 1.29 is 36.8 Å². The molecule has 3 rings (SSSR count). The lowest BCUT2D eigenvalue weighted by molar-refractivity contribution is -0.221. The Morgan fingerprint density at radius 3 is 2.20 bits per heavy atom. The molecule has 0 amide bonds. The number of carboxylic acid groups (broad SMARTS) is 1. The molecule has 0 aromatic heterocycles. The van der Waals surface area contributed by atoms with Gasteiger partial charge in [-0.05, 0) is 23.3 Å². The van der Waals surface area contributed by atoms with E-state index in [0.717, 1.165) is 0 Å². The van der Waals surface area contributed by atoms with Gasteiger partial charge in [0.05, 0.1) is 6.85 Å². The molecule has 1 heterocycles. The minimum atomic E-state index is -1.80. The van der Waals surface area contributed by atoms with Gasteiger partial charge in [-0.2, -0.15) is 0 Å². The SMILES string of the molecule is [2H]c1c([2H])c([2H])c(-c2ccc(NC3OC(C(=O)O)C(O)C(O)C3O)cc2)c([2H])c1[2H]. The van der Waals surface area contributed by atoms with Gasteiger partial charge in [0, 0.05) is 5.69 Å². The smallest absolute Gasteiger partial charge is 0.335 e. The predicted octanol–water partition coefficient (Wildman–Crippen LogP) is 0.658. The lowest BCUT2D eigenvalue weighted by atomic mass is 9.98. The van der Waals surface area contributed by atoms with Gasteiger partial charge in [-0.3, -0.25) is 0 Å². The first-order valence-corrected chi connectivity index (χ1v) is 7.41. The van der Waals surface area contributed by atoms with E-state index in [1.807, 2.05) is 0 Å². The number of aliphatic hydroxyl groups excluding tert-OH is 3. The molecule has 0 spiro atoms. The van der Waals surface area contributed by atoms with Crippen molar-refractivity contribution in [3.8, 4) is 11.1 Å². The first-order chi connectivity index (χ1) is 14.0. The van der Waals surface area contributed by atoms with Crippen molar-refractivity contribution in [2.75, 3.05) is 5.32 Å². The number of aliphatic carboxylic acids is 1. The van der Waals surface area contributed by atoms with Crippen molar-refractivity contribution >= 4 is 11.7 Å². The van der Waals surface area contributed by atoms with Gasteiger partial charge in [-0.15, -0.1) is 0 Å². The third kappa shape index (κ3) is 3.64. The van der Waals surface area contributed by atoms with E-state index < -0.39 is 54.7 Å². The third-order valence-electron chi connectivity index (χ3n) is 3.84. The molecule has 2 aromatic carbocycles. The molecule has 0 aliphatic carbocycles. The van der Waals surface area contributed by atoms with Gasteiger partial charge in [-0.25, -0.2) is 4.79 Å². The average molecular weight is 350 g/mol. The molecule has 5 unspecified atom stereocenters. The largest absolute Gasteiger partial charge is 0.479 e. The molecule has 1 aliphatic heterocycles. The summed E-state index contributed by atoms with van der Waals surface area (Å²) in [6.45, 7) is 0. The summed E-state index contributed by atoms with van der Waals surface area (Å²) in [6, 6.07) is 3.78. The second-order valence-electron chi connectivity index (χ2n) is 5.51. The zero-order valence-electron chi connectivity index (χ0n) is 17.8. The number of hydrogen-bond donors (Lipinski definition) is 5. The molecule has 7 heteroatoms.